The molecule has 8 rings (SSSR count). The van der Waals surface area contributed by atoms with E-state index in [9.17, 15) is 0 Å². The Balaban J connectivity index is 1.59. The Morgan fingerprint density at radius 3 is 1.14 bits per heavy atom. The Kier molecular flexibility index (Phi) is 5.34. The number of fused-ring (bicyclic) bond motifs is 2. The minimum atomic E-state index is -0.400. The predicted molar refractivity (Wildman–Crippen MR) is 189 cm³/mol. The zero-order valence-corrected chi connectivity index (χ0v) is 23.9. The van der Waals surface area contributed by atoms with Crippen molar-refractivity contribution in [3.05, 3.63) is 182 Å². The summed E-state index contributed by atoms with van der Waals surface area (Å²) in [4.78, 5) is 0. The second kappa shape index (κ2) is 11.2. The van der Waals surface area contributed by atoms with Gasteiger partial charge in [0.05, 0.1) is 6.85 Å². The molecule has 0 aliphatic heterocycles. The summed E-state index contributed by atoms with van der Waals surface area (Å²) in [5.41, 5.74) is 9.47. The molecule has 0 fully saturated rings. The van der Waals surface area contributed by atoms with Crippen LogP contribution >= 0.6 is 0 Å². The summed E-state index contributed by atoms with van der Waals surface area (Å²) < 4.78 is 43.2. The highest BCUT2D eigenvalue weighted by atomic mass is 14.3. The van der Waals surface area contributed by atoms with Crippen LogP contribution in [0.1, 0.15) is 6.85 Å². The maximum absolute atomic E-state index is 8.97. The lowest BCUT2D eigenvalue weighted by Gasteiger charge is -2.23. The molecule has 0 atom stereocenters. The molecule has 0 heterocycles. The van der Waals surface area contributed by atoms with E-state index in [1.54, 1.807) is 0 Å². The molecule has 0 nitrogen and oxygen atoms in total. The summed E-state index contributed by atoms with van der Waals surface area (Å²) in [7, 11) is 0. The van der Waals surface area contributed by atoms with Crippen molar-refractivity contribution in [1.29, 1.82) is 0 Å². The summed E-state index contributed by atoms with van der Waals surface area (Å²) >= 11 is 0. The lowest BCUT2D eigenvalue weighted by Crippen LogP contribution is -1.96. The van der Waals surface area contributed by atoms with Crippen molar-refractivity contribution in [3.63, 3.8) is 0 Å². The van der Waals surface area contributed by atoms with Crippen LogP contribution in [0.2, 0.25) is 0 Å². The monoisotopic (exact) mass is 563 g/mol. The maximum Gasteiger partial charge on any atom is 0.0629 e. The van der Waals surface area contributed by atoms with Crippen molar-refractivity contribution in [2.24, 2.45) is 0 Å². The van der Waals surface area contributed by atoms with Crippen molar-refractivity contribution in [2.75, 3.05) is 0 Å². The van der Waals surface area contributed by atoms with Gasteiger partial charge in [0.2, 0.25) is 0 Å². The molecular weight excluding hydrogens is 528 g/mol. The first-order chi connectivity index (χ1) is 23.9. The van der Waals surface area contributed by atoms with E-state index in [1.807, 2.05) is 54.6 Å². The van der Waals surface area contributed by atoms with E-state index >= 15 is 0 Å². The first kappa shape index (κ1) is 21.0. The van der Waals surface area contributed by atoms with E-state index in [-0.39, 0.29) is 29.7 Å². The van der Waals surface area contributed by atoms with Gasteiger partial charge in [-0.3, -0.25) is 0 Å². The third-order valence-electron chi connectivity index (χ3n) is 8.35. The summed E-state index contributed by atoms with van der Waals surface area (Å²) in [5.74, 6) is 0. The minimum Gasteiger partial charge on any atom is -0.0622 e. The summed E-state index contributed by atoms with van der Waals surface area (Å²) in [6, 6.07) is 50.5. The zero-order valence-electron chi connectivity index (χ0n) is 28.9. The number of rotatable bonds is 5. The second-order valence-electron chi connectivity index (χ2n) is 10.9. The average Bonchev–Trinajstić information content (AvgIpc) is 3.17. The Morgan fingerprint density at radius 2 is 0.682 bits per heavy atom. The Bertz CT molecular complexity index is 2380. The van der Waals surface area contributed by atoms with Crippen LogP contribution in [0, 0.1) is 0 Å². The second-order valence-corrected chi connectivity index (χ2v) is 10.9. The smallest absolute Gasteiger partial charge is 0.0622 e. The molecule has 8 aromatic carbocycles. The van der Waals surface area contributed by atoms with Crippen LogP contribution in [0.4, 0.5) is 0 Å². The molecule has 8 aromatic rings. The fraction of sp³-hybridized carbons (Fsp3) is 0. The molecule has 0 heteroatoms. The zero-order chi connectivity index (χ0) is 33.6. The molecule has 0 saturated carbocycles. The highest BCUT2D eigenvalue weighted by Gasteiger charge is 2.23. The van der Waals surface area contributed by atoms with Crippen LogP contribution in [0.5, 0.6) is 0 Å². The maximum atomic E-state index is 8.97. The van der Waals surface area contributed by atoms with Gasteiger partial charge >= 0.3 is 0 Å². The molecule has 0 radical (unpaired) electrons. The van der Waals surface area contributed by atoms with E-state index in [0.717, 1.165) is 66.1 Å². The van der Waals surface area contributed by atoms with E-state index in [4.69, 9.17) is 6.85 Å². The largest absolute Gasteiger partial charge is 0.0629 e. The van der Waals surface area contributed by atoms with Crippen molar-refractivity contribution >= 4 is 21.5 Å². The van der Waals surface area contributed by atoms with Crippen LogP contribution in [-0.2, 0) is 0 Å². The van der Waals surface area contributed by atoms with Crippen LogP contribution in [0.3, 0.4) is 0 Å². The molecule has 0 unspecified atom stereocenters. The highest BCUT2D eigenvalue weighted by molar-refractivity contribution is 6.24. The molecule has 44 heavy (non-hydrogen) atoms. The van der Waals surface area contributed by atoms with Gasteiger partial charge < -0.3 is 0 Å². The molecule has 206 valence electrons. The topological polar surface area (TPSA) is 0 Å². The molecule has 0 aliphatic carbocycles. The van der Waals surface area contributed by atoms with Gasteiger partial charge in [0, 0.05) is 0 Å². The summed E-state index contributed by atoms with van der Waals surface area (Å²) in [6.07, 6.45) is 0. The lowest BCUT2D eigenvalue weighted by molar-refractivity contribution is 1.56. The van der Waals surface area contributed by atoms with Crippen LogP contribution in [0.15, 0.2) is 182 Å². The number of benzene rings is 8. The molecule has 0 N–H and O–H groups in total. The lowest BCUT2D eigenvalue weighted by atomic mass is 9.79. The third kappa shape index (κ3) is 4.49. The molecule has 0 aromatic heterocycles. The highest BCUT2D eigenvalue weighted by Crippen LogP contribution is 2.50. The van der Waals surface area contributed by atoms with Crippen LogP contribution < -0.4 is 0 Å². The van der Waals surface area contributed by atoms with E-state index in [2.05, 4.69) is 97.1 Å². The van der Waals surface area contributed by atoms with Gasteiger partial charge in [-0.15, -0.1) is 0 Å². The Morgan fingerprint density at radius 1 is 0.295 bits per heavy atom. The number of hydrogen-bond donors (Lipinski definition) is 0. The van der Waals surface area contributed by atoms with Gasteiger partial charge in [-0.25, -0.2) is 0 Å². The molecule has 0 amide bonds. The fourth-order valence-electron chi connectivity index (χ4n) is 6.44. The van der Waals surface area contributed by atoms with Crippen molar-refractivity contribution in [3.8, 4) is 55.6 Å². The normalized spacial score (nSPS) is 12.8. The third-order valence-corrected chi connectivity index (χ3v) is 8.35. The van der Waals surface area contributed by atoms with Gasteiger partial charge in [-0.2, -0.15) is 0 Å². The van der Waals surface area contributed by atoms with Gasteiger partial charge in [-0.1, -0.05) is 170 Å². The average molecular weight is 564 g/mol. The standard InChI is InChI=1S/C44H30/c1-5-17-31(18-6-1)35-29-40(32-19-7-2-8-20-32)44(41(30-35)33-21-9-3-10-22-33)43-38-27-15-13-25-36(38)42(34-23-11-4-12-24-34)37-26-14-16-28-39(37)43/h1-30H/i4D,11D,12D,23D,24D. The van der Waals surface area contributed by atoms with Crippen LogP contribution in [-0.4, -0.2) is 0 Å². The fourth-order valence-corrected chi connectivity index (χ4v) is 6.44. The van der Waals surface area contributed by atoms with Crippen molar-refractivity contribution in [1.82, 2.24) is 0 Å². The molecule has 0 spiro atoms. The van der Waals surface area contributed by atoms with Crippen molar-refractivity contribution in [2.45, 2.75) is 0 Å². The predicted octanol–water partition coefficient (Wildman–Crippen LogP) is 12.3. The Labute approximate surface area is 265 Å². The van der Waals surface area contributed by atoms with E-state index in [1.165, 1.54) is 0 Å². The SMILES string of the molecule is [2H]c1c([2H])c([2H])c(-c2c3ccccc3c(-c3c(-c4ccccc4)cc(-c4ccccc4)cc3-c3ccccc3)c3ccccc23)c([2H])c1[2H]. The quantitative estimate of drug-likeness (QED) is 0.183. The minimum absolute atomic E-state index is 0.205. The first-order valence-corrected chi connectivity index (χ1v) is 14.8. The van der Waals surface area contributed by atoms with Crippen LogP contribution in [0.25, 0.3) is 77.2 Å². The van der Waals surface area contributed by atoms with Crippen molar-refractivity contribution < 1.29 is 6.85 Å². The molecular formula is C44H30. The summed E-state index contributed by atoms with van der Waals surface area (Å²) in [6.45, 7) is 0. The molecule has 0 saturated heterocycles. The van der Waals surface area contributed by atoms with E-state index < -0.39 is 6.04 Å². The Hall–Kier alpha value is -5.72. The van der Waals surface area contributed by atoms with Gasteiger partial charge in [0.25, 0.3) is 0 Å². The van der Waals surface area contributed by atoms with Gasteiger partial charge in [0.15, 0.2) is 0 Å². The molecule has 0 bridgehead atoms. The van der Waals surface area contributed by atoms with Gasteiger partial charge in [0.1, 0.15) is 0 Å². The number of hydrogen-bond acceptors (Lipinski definition) is 0. The first-order valence-electron chi connectivity index (χ1n) is 17.3. The summed E-state index contributed by atoms with van der Waals surface area (Å²) in [5, 5.41) is 3.51. The van der Waals surface area contributed by atoms with Gasteiger partial charge in [-0.05, 0) is 89.3 Å². The van der Waals surface area contributed by atoms with E-state index in [0.29, 0.717) is 5.56 Å². The molecule has 0 aliphatic rings.